The van der Waals surface area contributed by atoms with E-state index < -0.39 is 0 Å². The Morgan fingerprint density at radius 1 is 1.20 bits per heavy atom. The molecule has 0 aliphatic carbocycles. The number of amides is 1. The Morgan fingerprint density at radius 2 is 2.10 bits per heavy atom. The predicted octanol–water partition coefficient (Wildman–Crippen LogP) is 4.28. The quantitative estimate of drug-likeness (QED) is 0.496. The van der Waals surface area contributed by atoms with E-state index in [0.29, 0.717) is 6.54 Å². The molecule has 1 atom stereocenters. The molecule has 0 radical (unpaired) electrons. The van der Waals surface area contributed by atoms with Crippen LogP contribution in [0.15, 0.2) is 48.0 Å². The molecule has 4 aromatic rings. The molecule has 154 valence electrons. The number of aryl methyl sites for hydroxylation is 1. The summed E-state index contributed by atoms with van der Waals surface area (Å²) in [4.78, 5) is 16.7. The Morgan fingerprint density at radius 3 is 2.93 bits per heavy atom. The number of thiophene rings is 1. The van der Waals surface area contributed by atoms with Crippen molar-refractivity contribution in [3.8, 4) is 0 Å². The molecule has 0 bridgehead atoms. The van der Waals surface area contributed by atoms with Gasteiger partial charge in [0, 0.05) is 41.5 Å². The van der Waals surface area contributed by atoms with Gasteiger partial charge in [0.2, 0.25) is 0 Å². The molecule has 30 heavy (non-hydrogen) atoms. The van der Waals surface area contributed by atoms with Crippen LogP contribution in [-0.2, 0) is 6.54 Å². The molecule has 7 heteroatoms. The van der Waals surface area contributed by atoms with E-state index in [2.05, 4.69) is 46.1 Å². The first-order valence-corrected chi connectivity index (χ1v) is 11.3. The second kappa shape index (κ2) is 7.72. The minimum Gasteiger partial charge on any atom is -0.343 e. The summed E-state index contributed by atoms with van der Waals surface area (Å²) in [5.74, 6) is 1.28. The number of hydrogen-bond donors (Lipinski definition) is 0. The van der Waals surface area contributed by atoms with E-state index in [4.69, 9.17) is 0 Å². The minimum absolute atomic E-state index is 0.124. The van der Waals surface area contributed by atoms with Crippen LogP contribution in [0.2, 0.25) is 0 Å². The SMILES string of the molecule is Cc1cc(C(=O)N2CCCC(c3nnc4ccccn34)C2)c(C)n1Cc1cccs1. The molecule has 1 unspecified atom stereocenters. The average molecular weight is 420 g/mol. The fourth-order valence-corrected chi connectivity index (χ4v) is 5.19. The molecule has 1 aliphatic rings. The fraction of sp³-hybridized carbons (Fsp3) is 0.348. The van der Waals surface area contributed by atoms with Crippen LogP contribution in [0.1, 0.15) is 51.2 Å². The topological polar surface area (TPSA) is 55.4 Å². The zero-order valence-electron chi connectivity index (χ0n) is 17.3. The summed E-state index contributed by atoms with van der Waals surface area (Å²) in [5, 5.41) is 10.8. The van der Waals surface area contributed by atoms with E-state index in [1.165, 1.54) is 4.88 Å². The van der Waals surface area contributed by atoms with Crippen molar-refractivity contribution in [3.63, 3.8) is 0 Å². The van der Waals surface area contributed by atoms with Gasteiger partial charge in [-0.1, -0.05) is 12.1 Å². The second-order valence-electron chi connectivity index (χ2n) is 8.03. The first-order valence-electron chi connectivity index (χ1n) is 10.4. The normalized spacial score (nSPS) is 17.0. The molecule has 5 heterocycles. The first-order chi connectivity index (χ1) is 14.6. The van der Waals surface area contributed by atoms with Crippen molar-refractivity contribution in [3.05, 3.63) is 75.6 Å². The maximum atomic E-state index is 13.4. The summed E-state index contributed by atoms with van der Waals surface area (Å²) in [7, 11) is 0. The van der Waals surface area contributed by atoms with Crippen molar-refractivity contribution in [2.45, 2.75) is 39.2 Å². The Labute approximate surface area is 179 Å². The molecule has 1 amide bonds. The van der Waals surface area contributed by atoms with Crippen molar-refractivity contribution in [2.75, 3.05) is 13.1 Å². The first kappa shape index (κ1) is 19.1. The number of pyridine rings is 1. The summed E-state index contributed by atoms with van der Waals surface area (Å²) in [6.45, 7) is 6.43. The molecule has 1 saturated heterocycles. The molecule has 0 aromatic carbocycles. The molecule has 0 spiro atoms. The van der Waals surface area contributed by atoms with Crippen LogP contribution in [0.25, 0.3) is 5.65 Å². The number of piperidine rings is 1. The lowest BCUT2D eigenvalue weighted by atomic mass is 9.96. The molecule has 5 rings (SSSR count). The highest BCUT2D eigenvalue weighted by Crippen LogP contribution is 2.28. The van der Waals surface area contributed by atoms with Crippen LogP contribution in [0, 0.1) is 13.8 Å². The van der Waals surface area contributed by atoms with Crippen LogP contribution in [-0.4, -0.2) is 43.1 Å². The van der Waals surface area contributed by atoms with Crippen LogP contribution in [0.4, 0.5) is 0 Å². The van der Waals surface area contributed by atoms with Gasteiger partial charge in [0.15, 0.2) is 5.65 Å². The van der Waals surface area contributed by atoms with Crippen molar-refractivity contribution < 1.29 is 4.79 Å². The van der Waals surface area contributed by atoms with Gasteiger partial charge in [-0.2, -0.15) is 0 Å². The van der Waals surface area contributed by atoms with Crippen LogP contribution in [0.5, 0.6) is 0 Å². The van der Waals surface area contributed by atoms with Crippen molar-refractivity contribution in [1.29, 1.82) is 0 Å². The number of aromatic nitrogens is 4. The van der Waals surface area contributed by atoms with Crippen LogP contribution >= 0.6 is 11.3 Å². The van der Waals surface area contributed by atoms with Gasteiger partial charge in [-0.3, -0.25) is 9.20 Å². The third-order valence-corrected chi connectivity index (χ3v) is 6.97. The van der Waals surface area contributed by atoms with Crippen LogP contribution in [0.3, 0.4) is 0 Å². The smallest absolute Gasteiger partial charge is 0.255 e. The van der Waals surface area contributed by atoms with E-state index in [0.717, 1.165) is 54.4 Å². The molecule has 0 N–H and O–H groups in total. The van der Waals surface area contributed by atoms with Gasteiger partial charge in [0.25, 0.3) is 5.91 Å². The number of carbonyl (C=O) groups excluding carboxylic acids is 1. The lowest BCUT2D eigenvalue weighted by molar-refractivity contribution is 0.0703. The number of nitrogens with zero attached hydrogens (tertiary/aromatic N) is 5. The highest BCUT2D eigenvalue weighted by atomic mass is 32.1. The average Bonchev–Trinajstić information content (AvgIpc) is 3.49. The molecular formula is C23H25N5OS. The highest BCUT2D eigenvalue weighted by Gasteiger charge is 2.30. The van der Waals surface area contributed by atoms with E-state index in [1.807, 2.05) is 39.8 Å². The van der Waals surface area contributed by atoms with Gasteiger partial charge < -0.3 is 9.47 Å². The van der Waals surface area contributed by atoms with E-state index in [1.54, 1.807) is 11.3 Å². The highest BCUT2D eigenvalue weighted by molar-refractivity contribution is 7.09. The van der Waals surface area contributed by atoms with Gasteiger partial charge in [-0.25, -0.2) is 0 Å². The molecule has 1 fully saturated rings. The lowest BCUT2D eigenvalue weighted by Crippen LogP contribution is -2.39. The molecule has 1 aliphatic heterocycles. The van der Waals surface area contributed by atoms with Gasteiger partial charge in [-0.05, 0) is 56.3 Å². The fourth-order valence-electron chi connectivity index (χ4n) is 4.50. The number of fused-ring (bicyclic) bond motifs is 1. The third kappa shape index (κ3) is 3.33. The Balaban J connectivity index is 1.38. The van der Waals surface area contributed by atoms with Crippen molar-refractivity contribution >= 4 is 22.9 Å². The Bertz CT molecular complexity index is 1190. The third-order valence-electron chi connectivity index (χ3n) is 6.11. The van der Waals surface area contributed by atoms with E-state index >= 15 is 0 Å². The minimum atomic E-state index is 0.124. The van der Waals surface area contributed by atoms with Gasteiger partial charge >= 0.3 is 0 Å². The summed E-state index contributed by atoms with van der Waals surface area (Å²) >= 11 is 1.75. The number of hydrogen-bond acceptors (Lipinski definition) is 4. The predicted molar refractivity (Wildman–Crippen MR) is 118 cm³/mol. The summed E-state index contributed by atoms with van der Waals surface area (Å²) in [6, 6.07) is 12.2. The van der Waals surface area contributed by atoms with Gasteiger partial charge in [-0.15, -0.1) is 21.5 Å². The van der Waals surface area contributed by atoms with Gasteiger partial charge in [0.1, 0.15) is 5.82 Å². The maximum Gasteiger partial charge on any atom is 0.255 e. The zero-order chi connectivity index (χ0) is 20.7. The van der Waals surface area contributed by atoms with E-state index in [-0.39, 0.29) is 11.8 Å². The van der Waals surface area contributed by atoms with Crippen molar-refractivity contribution in [2.24, 2.45) is 0 Å². The van der Waals surface area contributed by atoms with Crippen molar-refractivity contribution in [1.82, 2.24) is 24.1 Å². The summed E-state index contributed by atoms with van der Waals surface area (Å²) in [5.41, 5.74) is 3.84. The van der Waals surface area contributed by atoms with E-state index in [9.17, 15) is 4.79 Å². The Kier molecular flexibility index (Phi) is 4.90. The second-order valence-corrected chi connectivity index (χ2v) is 9.06. The summed E-state index contributed by atoms with van der Waals surface area (Å²) < 4.78 is 4.29. The standard InChI is InChI=1S/C23H25N5OS/c1-16-13-20(17(2)28(16)15-19-8-6-12-30-19)23(29)26-10-5-7-18(14-26)22-25-24-21-9-3-4-11-27(21)22/h3-4,6,8-9,11-13,18H,5,7,10,14-15H2,1-2H3. The van der Waals surface area contributed by atoms with Gasteiger partial charge in [0.05, 0.1) is 12.1 Å². The molecule has 4 aromatic heterocycles. The monoisotopic (exact) mass is 419 g/mol. The number of carbonyl (C=O) groups is 1. The zero-order valence-corrected chi connectivity index (χ0v) is 18.1. The largest absolute Gasteiger partial charge is 0.343 e. The Hall–Kier alpha value is -2.93. The lowest BCUT2D eigenvalue weighted by Gasteiger charge is -2.32. The molecule has 6 nitrogen and oxygen atoms in total. The maximum absolute atomic E-state index is 13.4. The summed E-state index contributed by atoms with van der Waals surface area (Å²) in [6.07, 6.45) is 4.01. The number of likely N-dealkylation sites (tertiary alicyclic amines) is 1. The molecular weight excluding hydrogens is 394 g/mol. The number of rotatable bonds is 4. The van der Waals surface area contributed by atoms with Crippen LogP contribution < -0.4 is 0 Å². The molecule has 0 saturated carbocycles.